The van der Waals surface area contributed by atoms with Crippen LogP contribution in [0.1, 0.15) is 0 Å². The van der Waals surface area contributed by atoms with E-state index in [1.807, 2.05) is 7.05 Å². The molecular weight excluding hydrogens is 396 g/mol. The fourth-order valence-electron chi connectivity index (χ4n) is 2.53. The molecule has 2 aromatic rings. The molecule has 1 aliphatic rings. The van der Waals surface area contributed by atoms with Crippen molar-refractivity contribution in [2.45, 2.75) is 4.90 Å². The molecule has 1 fully saturated rings. The zero-order valence-electron chi connectivity index (χ0n) is 13.1. The highest BCUT2D eigenvalue weighted by atomic mass is 79.9. The second-order valence-electron chi connectivity index (χ2n) is 5.66. The van der Waals surface area contributed by atoms with E-state index in [0.717, 1.165) is 0 Å². The molecular formula is C15H17BrN4O3S. The predicted molar refractivity (Wildman–Crippen MR) is 94.2 cm³/mol. The van der Waals surface area contributed by atoms with Crippen LogP contribution in [0.3, 0.4) is 0 Å². The number of rotatable bonds is 3. The number of nitrogens with one attached hydrogen (secondary N) is 1. The molecule has 0 radical (unpaired) electrons. The maximum atomic E-state index is 13.0. The first-order valence-corrected chi connectivity index (χ1v) is 9.65. The quantitative estimate of drug-likeness (QED) is 0.816. The minimum absolute atomic E-state index is 0.206. The maximum Gasteiger partial charge on any atom is 0.264 e. The molecule has 128 valence electrons. The lowest BCUT2D eigenvalue weighted by molar-refractivity contribution is 0.222. The first-order chi connectivity index (χ1) is 11.4. The Morgan fingerprint density at radius 2 is 1.83 bits per heavy atom. The fourth-order valence-corrected chi connectivity index (χ4v) is 4.91. The van der Waals surface area contributed by atoms with Crippen LogP contribution >= 0.6 is 15.9 Å². The first-order valence-electron chi connectivity index (χ1n) is 7.42. The second kappa shape index (κ2) is 6.75. The monoisotopic (exact) mass is 412 g/mol. The van der Waals surface area contributed by atoms with Gasteiger partial charge in [0.2, 0.25) is 10.0 Å². The third kappa shape index (κ3) is 3.44. The summed E-state index contributed by atoms with van der Waals surface area (Å²) >= 11 is 3.33. The fraction of sp³-hybridized carbons (Fsp3) is 0.333. The van der Waals surface area contributed by atoms with Gasteiger partial charge in [-0.05, 0) is 41.2 Å². The Balaban J connectivity index is 1.99. The molecule has 9 heteroatoms. The smallest absolute Gasteiger partial charge is 0.264 e. The molecule has 0 saturated carbocycles. The molecule has 1 saturated heterocycles. The van der Waals surface area contributed by atoms with Crippen LogP contribution < -0.4 is 5.56 Å². The molecule has 0 unspecified atom stereocenters. The minimum atomic E-state index is -3.59. The highest BCUT2D eigenvalue weighted by Gasteiger charge is 2.29. The van der Waals surface area contributed by atoms with Crippen molar-refractivity contribution in [3.8, 4) is 11.3 Å². The summed E-state index contributed by atoms with van der Waals surface area (Å²) < 4.78 is 27.9. The topological polar surface area (TPSA) is 86.4 Å². The summed E-state index contributed by atoms with van der Waals surface area (Å²) in [6.45, 7) is 2.34. The molecule has 7 nitrogen and oxygen atoms in total. The number of halogens is 1. The van der Waals surface area contributed by atoms with Crippen LogP contribution in [0.2, 0.25) is 0 Å². The number of hydrogen-bond acceptors (Lipinski definition) is 5. The molecule has 0 atom stereocenters. The number of aromatic nitrogens is 2. The molecule has 0 amide bonds. The molecule has 0 spiro atoms. The van der Waals surface area contributed by atoms with Gasteiger partial charge in [0.15, 0.2) is 0 Å². The van der Waals surface area contributed by atoms with Crippen molar-refractivity contribution >= 4 is 26.0 Å². The summed E-state index contributed by atoms with van der Waals surface area (Å²) in [4.78, 5) is 13.4. The summed E-state index contributed by atoms with van der Waals surface area (Å²) in [6.07, 6.45) is 0. The molecule has 3 rings (SSSR count). The number of nitrogens with zero attached hydrogens (tertiary/aromatic N) is 3. The number of piperazine rings is 1. The molecule has 1 N–H and O–H groups in total. The van der Waals surface area contributed by atoms with E-state index >= 15 is 0 Å². The molecule has 0 bridgehead atoms. The maximum absolute atomic E-state index is 13.0. The molecule has 1 aromatic heterocycles. The molecule has 0 aliphatic carbocycles. The van der Waals surface area contributed by atoms with Gasteiger partial charge in [0, 0.05) is 42.3 Å². The number of benzene rings is 1. The Kier molecular flexibility index (Phi) is 4.86. The SMILES string of the molecule is CN1CCN(S(=O)(=O)c2cc(-c3ccc(=O)[nH]n3)ccc2Br)CC1. The van der Waals surface area contributed by atoms with E-state index in [1.54, 1.807) is 24.3 Å². The van der Waals surface area contributed by atoms with E-state index in [2.05, 4.69) is 31.0 Å². The Hall–Kier alpha value is -1.55. The van der Waals surface area contributed by atoms with E-state index in [0.29, 0.717) is 41.9 Å². The van der Waals surface area contributed by atoms with E-state index in [-0.39, 0.29) is 10.5 Å². The number of hydrogen-bond donors (Lipinski definition) is 1. The average molecular weight is 413 g/mol. The van der Waals surface area contributed by atoms with Gasteiger partial charge in [0.05, 0.1) is 10.6 Å². The predicted octanol–water partition coefficient (Wildman–Crippen LogP) is 1.14. The van der Waals surface area contributed by atoms with Gasteiger partial charge in [0.25, 0.3) is 5.56 Å². The van der Waals surface area contributed by atoms with Gasteiger partial charge in [-0.2, -0.15) is 9.40 Å². The van der Waals surface area contributed by atoms with Crippen molar-refractivity contribution in [3.63, 3.8) is 0 Å². The highest BCUT2D eigenvalue weighted by molar-refractivity contribution is 9.10. The number of sulfonamides is 1. The van der Waals surface area contributed by atoms with Crippen LogP contribution in [0.4, 0.5) is 0 Å². The van der Waals surface area contributed by atoms with Gasteiger partial charge in [-0.25, -0.2) is 13.5 Å². The van der Waals surface area contributed by atoms with Gasteiger partial charge in [0.1, 0.15) is 0 Å². The van der Waals surface area contributed by atoms with Crippen molar-refractivity contribution in [2.24, 2.45) is 0 Å². The van der Waals surface area contributed by atoms with Crippen LogP contribution in [0.15, 0.2) is 44.5 Å². The van der Waals surface area contributed by atoms with Crippen molar-refractivity contribution in [1.82, 2.24) is 19.4 Å². The Morgan fingerprint density at radius 3 is 2.46 bits per heavy atom. The van der Waals surface area contributed by atoms with Gasteiger partial charge in [-0.15, -0.1) is 0 Å². The van der Waals surface area contributed by atoms with Crippen LogP contribution in [0, 0.1) is 0 Å². The Morgan fingerprint density at radius 1 is 1.12 bits per heavy atom. The lowest BCUT2D eigenvalue weighted by Gasteiger charge is -2.31. The number of aromatic amines is 1. The standard InChI is InChI=1S/C15H17BrN4O3S/c1-19-6-8-20(9-7-19)24(22,23)14-10-11(2-3-12(14)16)13-4-5-15(21)18-17-13/h2-5,10H,6-9H2,1H3,(H,18,21). The van der Waals surface area contributed by atoms with Gasteiger partial charge in [-0.3, -0.25) is 4.79 Å². The van der Waals surface area contributed by atoms with Gasteiger partial charge >= 0.3 is 0 Å². The summed E-state index contributed by atoms with van der Waals surface area (Å²) in [7, 11) is -1.62. The van der Waals surface area contributed by atoms with E-state index in [1.165, 1.54) is 10.4 Å². The average Bonchev–Trinajstić information content (AvgIpc) is 2.56. The zero-order valence-corrected chi connectivity index (χ0v) is 15.5. The van der Waals surface area contributed by atoms with E-state index < -0.39 is 10.0 Å². The van der Waals surface area contributed by atoms with E-state index in [9.17, 15) is 13.2 Å². The van der Waals surface area contributed by atoms with Gasteiger partial charge in [-0.1, -0.05) is 6.07 Å². The Labute approximate surface area is 148 Å². The summed E-state index contributed by atoms with van der Waals surface area (Å²) in [5.41, 5.74) is 0.834. The third-order valence-corrected chi connectivity index (χ3v) is 6.88. The summed E-state index contributed by atoms with van der Waals surface area (Å²) in [5.74, 6) is 0. The number of H-pyrrole nitrogens is 1. The zero-order chi connectivity index (χ0) is 17.3. The largest absolute Gasteiger partial charge is 0.304 e. The van der Waals surface area contributed by atoms with Crippen molar-refractivity contribution in [3.05, 3.63) is 45.2 Å². The molecule has 24 heavy (non-hydrogen) atoms. The molecule has 1 aromatic carbocycles. The lowest BCUT2D eigenvalue weighted by atomic mass is 10.1. The first kappa shape index (κ1) is 17.3. The van der Waals surface area contributed by atoms with Crippen molar-refractivity contribution < 1.29 is 8.42 Å². The third-order valence-electron chi connectivity index (χ3n) is 3.99. The van der Waals surface area contributed by atoms with Gasteiger partial charge < -0.3 is 4.90 Å². The van der Waals surface area contributed by atoms with Crippen molar-refractivity contribution in [1.29, 1.82) is 0 Å². The summed E-state index contributed by atoms with van der Waals surface area (Å²) in [6, 6.07) is 7.95. The van der Waals surface area contributed by atoms with Crippen LogP contribution in [-0.4, -0.2) is 61.0 Å². The normalized spacial score (nSPS) is 17.1. The van der Waals surface area contributed by atoms with E-state index in [4.69, 9.17) is 0 Å². The Bertz CT molecular complexity index is 885. The molecule has 1 aliphatic heterocycles. The second-order valence-corrected chi connectivity index (χ2v) is 8.42. The van der Waals surface area contributed by atoms with Crippen molar-refractivity contribution in [2.75, 3.05) is 33.2 Å². The van der Waals surface area contributed by atoms with Crippen LogP contribution in [0.25, 0.3) is 11.3 Å². The van der Waals surface area contributed by atoms with Crippen LogP contribution in [0.5, 0.6) is 0 Å². The minimum Gasteiger partial charge on any atom is -0.304 e. The summed E-state index contributed by atoms with van der Waals surface area (Å²) in [5, 5.41) is 6.31. The lowest BCUT2D eigenvalue weighted by Crippen LogP contribution is -2.47. The van der Waals surface area contributed by atoms with Crippen LogP contribution in [-0.2, 0) is 10.0 Å². The molecule has 2 heterocycles. The highest BCUT2D eigenvalue weighted by Crippen LogP contribution is 2.30. The number of likely N-dealkylation sites (N-methyl/N-ethyl adjacent to an activating group) is 1.